The topological polar surface area (TPSA) is 42.0 Å². The number of rotatable bonds is 6. The number of para-hydroxylation sites is 1. The first kappa shape index (κ1) is 13.5. The number of hydrogen-bond acceptors (Lipinski definition) is 2. The fraction of sp³-hybridized carbons (Fsp3) is 0.375. The van der Waals surface area contributed by atoms with Crippen LogP contribution in [0, 0.1) is 0 Å². The molecule has 1 heterocycles. The van der Waals surface area contributed by atoms with Crippen LogP contribution < -0.4 is 5.32 Å². The predicted molar refractivity (Wildman–Crippen MR) is 78.2 cm³/mol. The molecule has 0 fully saturated rings. The van der Waals surface area contributed by atoms with E-state index in [0.29, 0.717) is 5.56 Å². The molecule has 19 heavy (non-hydrogen) atoms. The Labute approximate surface area is 114 Å². The molecule has 0 unspecified atom stereocenters. The number of amides is 1. The van der Waals surface area contributed by atoms with Crippen molar-refractivity contribution in [1.29, 1.82) is 0 Å². The lowest BCUT2D eigenvalue weighted by Gasteiger charge is -2.07. The third-order valence-electron chi connectivity index (χ3n) is 3.21. The summed E-state index contributed by atoms with van der Waals surface area (Å²) < 4.78 is 0. The van der Waals surface area contributed by atoms with Gasteiger partial charge in [-0.15, -0.1) is 0 Å². The third kappa shape index (κ3) is 3.53. The molecule has 0 aliphatic rings. The second-order valence-electron chi connectivity index (χ2n) is 4.69. The minimum absolute atomic E-state index is 0.00454. The van der Waals surface area contributed by atoms with Crippen molar-refractivity contribution in [2.24, 2.45) is 0 Å². The minimum Gasteiger partial charge on any atom is -0.352 e. The molecule has 2 rings (SSSR count). The highest BCUT2D eigenvalue weighted by molar-refractivity contribution is 6.05. The van der Waals surface area contributed by atoms with Crippen molar-refractivity contribution in [3.05, 3.63) is 42.1 Å². The Bertz CT molecular complexity index is 546. The third-order valence-corrected chi connectivity index (χ3v) is 3.21. The Morgan fingerprint density at radius 2 is 2.00 bits per heavy atom. The highest BCUT2D eigenvalue weighted by Crippen LogP contribution is 2.15. The van der Waals surface area contributed by atoms with Gasteiger partial charge in [-0.3, -0.25) is 9.78 Å². The molecule has 0 saturated carbocycles. The average molecular weight is 256 g/mol. The molecule has 0 radical (unpaired) electrons. The van der Waals surface area contributed by atoms with E-state index in [0.717, 1.165) is 23.9 Å². The molecule has 1 N–H and O–H groups in total. The van der Waals surface area contributed by atoms with E-state index in [9.17, 15) is 4.79 Å². The largest absolute Gasteiger partial charge is 0.352 e. The van der Waals surface area contributed by atoms with Crippen LogP contribution in [0.5, 0.6) is 0 Å². The summed E-state index contributed by atoms with van der Waals surface area (Å²) >= 11 is 0. The van der Waals surface area contributed by atoms with Crippen molar-refractivity contribution in [2.75, 3.05) is 6.54 Å². The van der Waals surface area contributed by atoms with Gasteiger partial charge in [0.05, 0.1) is 11.1 Å². The minimum atomic E-state index is -0.00454. The van der Waals surface area contributed by atoms with Crippen LogP contribution in [-0.4, -0.2) is 17.4 Å². The maximum absolute atomic E-state index is 12.2. The molecular weight excluding hydrogens is 236 g/mol. The molecule has 1 aromatic heterocycles. The number of unbranched alkanes of at least 4 members (excludes halogenated alkanes) is 3. The van der Waals surface area contributed by atoms with Crippen molar-refractivity contribution >= 4 is 16.8 Å². The van der Waals surface area contributed by atoms with Gasteiger partial charge in [0.2, 0.25) is 0 Å². The van der Waals surface area contributed by atoms with Gasteiger partial charge in [0, 0.05) is 18.1 Å². The summed E-state index contributed by atoms with van der Waals surface area (Å²) in [6.45, 7) is 2.93. The molecule has 0 spiro atoms. The van der Waals surface area contributed by atoms with Crippen molar-refractivity contribution in [2.45, 2.75) is 32.6 Å². The van der Waals surface area contributed by atoms with E-state index < -0.39 is 0 Å². The van der Waals surface area contributed by atoms with E-state index in [1.807, 2.05) is 24.3 Å². The van der Waals surface area contributed by atoms with Crippen LogP contribution in [-0.2, 0) is 0 Å². The SMILES string of the molecule is CCCCCCNC(=O)c1ccnc2ccccc12. The zero-order valence-corrected chi connectivity index (χ0v) is 11.4. The van der Waals surface area contributed by atoms with Crippen LogP contribution in [0.2, 0.25) is 0 Å². The number of hydrogen-bond donors (Lipinski definition) is 1. The van der Waals surface area contributed by atoms with Crippen molar-refractivity contribution in [3.63, 3.8) is 0 Å². The van der Waals surface area contributed by atoms with Crippen LogP contribution >= 0.6 is 0 Å². The number of carbonyl (C=O) groups excluding carboxylic acids is 1. The van der Waals surface area contributed by atoms with Gasteiger partial charge in [-0.25, -0.2) is 0 Å². The Balaban J connectivity index is 2.01. The number of pyridine rings is 1. The lowest BCUT2D eigenvalue weighted by Crippen LogP contribution is -2.24. The monoisotopic (exact) mass is 256 g/mol. The standard InChI is InChI=1S/C16H20N2O/c1-2-3-4-7-11-18-16(19)14-10-12-17-15-9-6-5-8-13(14)15/h5-6,8-10,12H,2-4,7,11H2,1H3,(H,18,19). The number of nitrogens with zero attached hydrogens (tertiary/aromatic N) is 1. The van der Waals surface area contributed by atoms with Gasteiger partial charge >= 0.3 is 0 Å². The molecule has 0 atom stereocenters. The first-order chi connectivity index (χ1) is 9.33. The molecule has 0 aliphatic heterocycles. The van der Waals surface area contributed by atoms with E-state index in [1.54, 1.807) is 12.3 Å². The summed E-state index contributed by atoms with van der Waals surface area (Å²) in [5, 5.41) is 3.90. The molecule has 3 heteroatoms. The molecule has 0 aliphatic carbocycles. The molecule has 100 valence electrons. The van der Waals surface area contributed by atoms with Crippen LogP contribution in [0.4, 0.5) is 0 Å². The van der Waals surface area contributed by atoms with E-state index in [2.05, 4.69) is 17.2 Å². The summed E-state index contributed by atoms with van der Waals surface area (Å²) in [5.74, 6) is -0.00454. The van der Waals surface area contributed by atoms with Crippen LogP contribution in [0.25, 0.3) is 10.9 Å². The normalized spacial score (nSPS) is 10.6. The number of fused-ring (bicyclic) bond motifs is 1. The van der Waals surface area contributed by atoms with E-state index in [-0.39, 0.29) is 5.91 Å². The Hall–Kier alpha value is -1.90. The second-order valence-corrected chi connectivity index (χ2v) is 4.69. The summed E-state index contributed by atoms with van der Waals surface area (Å²) in [4.78, 5) is 16.4. The van der Waals surface area contributed by atoms with Crippen LogP contribution in [0.3, 0.4) is 0 Å². The zero-order chi connectivity index (χ0) is 13.5. The quantitative estimate of drug-likeness (QED) is 0.803. The number of nitrogens with one attached hydrogen (secondary N) is 1. The van der Waals surface area contributed by atoms with Gasteiger partial charge in [-0.05, 0) is 18.6 Å². The molecule has 1 aromatic carbocycles. The second kappa shape index (κ2) is 6.88. The summed E-state index contributed by atoms with van der Waals surface area (Å²) in [6.07, 6.45) is 6.35. The first-order valence-corrected chi connectivity index (χ1v) is 6.95. The summed E-state index contributed by atoms with van der Waals surface area (Å²) in [6, 6.07) is 9.51. The van der Waals surface area contributed by atoms with Gasteiger partial charge in [-0.1, -0.05) is 44.4 Å². The number of aromatic nitrogens is 1. The molecule has 3 nitrogen and oxygen atoms in total. The average Bonchev–Trinajstić information content (AvgIpc) is 2.46. The lowest BCUT2D eigenvalue weighted by molar-refractivity contribution is 0.0954. The summed E-state index contributed by atoms with van der Waals surface area (Å²) in [5.41, 5.74) is 1.57. The van der Waals surface area contributed by atoms with Gasteiger partial charge in [0.1, 0.15) is 0 Å². The van der Waals surface area contributed by atoms with Crippen molar-refractivity contribution in [3.8, 4) is 0 Å². The highest BCUT2D eigenvalue weighted by atomic mass is 16.1. The Morgan fingerprint density at radius 3 is 2.84 bits per heavy atom. The highest BCUT2D eigenvalue weighted by Gasteiger charge is 2.09. The Morgan fingerprint density at radius 1 is 1.16 bits per heavy atom. The van der Waals surface area contributed by atoms with E-state index in [4.69, 9.17) is 0 Å². The predicted octanol–water partition coefficient (Wildman–Crippen LogP) is 3.54. The molecular formula is C16H20N2O. The lowest BCUT2D eigenvalue weighted by atomic mass is 10.1. The number of carbonyl (C=O) groups is 1. The smallest absolute Gasteiger partial charge is 0.252 e. The summed E-state index contributed by atoms with van der Waals surface area (Å²) in [7, 11) is 0. The molecule has 2 aromatic rings. The molecule has 0 bridgehead atoms. The van der Waals surface area contributed by atoms with E-state index >= 15 is 0 Å². The zero-order valence-electron chi connectivity index (χ0n) is 11.4. The fourth-order valence-electron chi connectivity index (χ4n) is 2.14. The van der Waals surface area contributed by atoms with Gasteiger partial charge < -0.3 is 5.32 Å². The maximum Gasteiger partial charge on any atom is 0.252 e. The van der Waals surface area contributed by atoms with E-state index in [1.165, 1.54) is 19.3 Å². The number of benzene rings is 1. The van der Waals surface area contributed by atoms with Crippen molar-refractivity contribution < 1.29 is 4.79 Å². The van der Waals surface area contributed by atoms with Gasteiger partial charge in [0.25, 0.3) is 5.91 Å². The molecule has 0 saturated heterocycles. The fourth-order valence-corrected chi connectivity index (χ4v) is 2.14. The van der Waals surface area contributed by atoms with Crippen LogP contribution in [0.1, 0.15) is 43.0 Å². The Kier molecular flexibility index (Phi) is 4.90. The van der Waals surface area contributed by atoms with Crippen molar-refractivity contribution in [1.82, 2.24) is 10.3 Å². The van der Waals surface area contributed by atoms with Gasteiger partial charge in [-0.2, -0.15) is 0 Å². The molecule has 1 amide bonds. The van der Waals surface area contributed by atoms with Crippen LogP contribution in [0.15, 0.2) is 36.5 Å². The maximum atomic E-state index is 12.2. The first-order valence-electron chi connectivity index (χ1n) is 6.95. The van der Waals surface area contributed by atoms with Gasteiger partial charge in [0.15, 0.2) is 0 Å².